The molecule has 16 heavy (non-hydrogen) atoms. The molecule has 0 aliphatic rings. The Morgan fingerprint density at radius 2 is 1.88 bits per heavy atom. The summed E-state index contributed by atoms with van der Waals surface area (Å²) >= 11 is 0. The van der Waals surface area contributed by atoms with Crippen LogP contribution in [0.4, 0.5) is 4.39 Å². The maximum absolute atomic E-state index is 12.7. The Morgan fingerprint density at radius 3 is 2.50 bits per heavy atom. The van der Waals surface area contributed by atoms with Crippen LogP contribution in [0.3, 0.4) is 0 Å². The van der Waals surface area contributed by atoms with Gasteiger partial charge in [0.25, 0.3) is 5.56 Å². The van der Waals surface area contributed by atoms with Gasteiger partial charge in [0.2, 0.25) is 0 Å². The maximum atomic E-state index is 12.7. The summed E-state index contributed by atoms with van der Waals surface area (Å²) in [5.41, 5.74) is 0.187. The molecule has 2 rings (SSSR count). The average molecular weight is 214 g/mol. The Labute approximate surface area is 91.0 Å². The zero-order chi connectivity index (χ0) is 11.5. The van der Waals surface area contributed by atoms with E-state index in [9.17, 15) is 9.18 Å². The molecule has 3 nitrogen and oxygen atoms in total. The SMILES string of the molecule is N#Cc1cccn(-c2ccc(F)cc2)c1=O. The van der Waals surface area contributed by atoms with Gasteiger partial charge in [0.15, 0.2) is 0 Å². The van der Waals surface area contributed by atoms with E-state index in [0.717, 1.165) is 0 Å². The zero-order valence-electron chi connectivity index (χ0n) is 8.22. The molecule has 1 aromatic heterocycles. The lowest BCUT2D eigenvalue weighted by atomic mass is 10.2. The molecule has 1 aromatic carbocycles. The second kappa shape index (κ2) is 3.99. The number of rotatable bonds is 1. The summed E-state index contributed by atoms with van der Waals surface area (Å²) in [6.45, 7) is 0. The molecule has 0 saturated heterocycles. The van der Waals surface area contributed by atoms with Gasteiger partial charge in [-0.3, -0.25) is 9.36 Å². The van der Waals surface area contributed by atoms with E-state index in [0.29, 0.717) is 5.69 Å². The molecule has 0 saturated carbocycles. The topological polar surface area (TPSA) is 45.8 Å². The zero-order valence-corrected chi connectivity index (χ0v) is 8.22. The molecule has 0 aliphatic carbocycles. The predicted molar refractivity (Wildman–Crippen MR) is 56.7 cm³/mol. The number of nitriles is 1. The van der Waals surface area contributed by atoms with Crippen molar-refractivity contribution in [2.24, 2.45) is 0 Å². The molecule has 1 heterocycles. The van der Waals surface area contributed by atoms with E-state index in [-0.39, 0.29) is 11.4 Å². The molecule has 0 radical (unpaired) electrons. The van der Waals surface area contributed by atoms with Gasteiger partial charge in [0, 0.05) is 11.9 Å². The summed E-state index contributed by atoms with van der Waals surface area (Å²) in [6.07, 6.45) is 1.54. The number of hydrogen-bond acceptors (Lipinski definition) is 2. The minimum atomic E-state index is -0.406. The number of aromatic nitrogens is 1. The Hall–Kier alpha value is -2.41. The predicted octanol–water partition coefficient (Wildman–Crippen LogP) is 1.85. The number of nitrogens with zero attached hydrogens (tertiary/aromatic N) is 2. The third kappa shape index (κ3) is 1.71. The van der Waals surface area contributed by atoms with Gasteiger partial charge in [-0.05, 0) is 36.4 Å². The van der Waals surface area contributed by atoms with E-state index in [1.165, 1.54) is 41.1 Å². The highest BCUT2D eigenvalue weighted by molar-refractivity contribution is 5.35. The third-order valence-corrected chi connectivity index (χ3v) is 2.17. The van der Waals surface area contributed by atoms with Crippen LogP contribution < -0.4 is 5.56 Å². The van der Waals surface area contributed by atoms with Crippen molar-refractivity contribution in [1.29, 1.82) is 5.26 Å². The Bertz CT molecular complexity index is 608. The second-order valence-electron chi connectivity index (χ2n) is 3.19. The first-order chi connectivity index (χ1) is 7.72. The van der Waals surface area contributed by atoms with Gasteiger partial charge in [-0.25, -0.2) is 4.39 Å². The second-order valence-corrected chi connectivity index (χ2v) is 3.19. The lowest BCUT2D eigenvalue weighted by Crippen LogP contribution is -2.19. The molecule has 4 heteroatoms. The van der Waals surface area contributed by atoms with Gasteiger partial charge in [-0.15, -0.1) is 0 Å². The molecule has 0 atom stereocenters. The fourth-order valence-electron chi connectivity index (χ4n) is 1.38. The Balaban J connectivity index is 2.62. The number of benzene rings is 1. The van der Waals surface area contributed by atoms with Crippen molar-refractivity contribution in [2.75, 3.05) is 0 Å². The van der Waals surface area contributed by atoms with Crippen LogP contribution in [0.5, 0.6) is 0 Å². The lowest BCUT2D eigenvalue weighted by Gasteiger charge is -2.04. The highest BCUT2D eigenvalue weighted by atomic mass is 19.1. The van der Waals surface area contributed by atoms with Crippen molar-refractivity contribution in [3.8, 4) is 11.8 Å². The molecule has 0 spiro atoms. The van der Waals surface area contributed by atoms with Gasteiger partial charge >= 0.3 is 0 Å². The van der Waals surface area contributed by atoms with Crippen LogP contribution >= 0.6 is 0 Å². The van der Waals surface area contributed by atoms with Crippen molar-refractivity contribution in [1.82, 2.24) is 4.57 Å². The van der Waals surface area contributed by atoms with E-state index in [4.69, 9.17) is 5.26 Å². The molecule has 0 fully saturated rings. The van der Waals surface area contributed by atoms with Gasteiger partial charge in [-0.1, -0.05) is 0 Å². The van der Waals surface area contributed by atoms with E-state index in [1.54, 1.807) is 6.07 Å². The summed E-state index contributed by atoms with van der Waals surface area (Å²) in [5, 5.41) is 8.71. The van der Waals surface area contributed by atoms with Crippen LogP contribution in [0.25, 0.3) is 5.69 Å². The monoisotopic (exact) mass is 214 g/mol. The van der Waals surface area contributed by atoms with Crippen LogP contribution in [0.15, 0.2) is 47.4 Å². The first-order valence-corrected chi connectivity index (χ1v) is 4.60. The van der Waals surface area contributed by atoms with Crippen molar-refractivity contribution in [2.45, 2.75) is 0 Å². The molecular weight excluding hydrogens is 207 g/mol. The van der Waals surface area contributed by atoms with E-state index in [1.807, 2.05) is 6.07 Å². The third-order valence-electron chi connectivity index (χ3n) is 2.17. The molecule has 0 amide bonds. The van der Waals surface area contributed by atoms with Crippen molar-refractivity contribution in [3.05, 3.63) is 64.3 Å². The minimum Gasteiger partial charge on any atom is -0.283 e. The van der Waals surface area contributed by atoms with Crippen LogP contribution in [0, 0.1) is 17.1 Å². The van der Waals surface area contributed by atoms with Crippen molar-refractivity contribution in [3.63, 3.8) is 0 Å². The van der Waals surface area contributed by atoms with E-state index >= 15 is 0 Å². The molecule has 0 bridgehead atoms. The van der Waals surface area contributed by atoms with Crippen molar-refractivity contribution < 1.29 is 4.39 Å². The minimum absolute atomic E-state index is 0.0619. The summed E-state index contributed by atoms with van der Waals surface area (Å²) in [5.74, 6) is -0.367. The van der Waals surface area contributed by atoms with Crippen LogP contribution in [0.1, 0.15) is 5.56 Å². The first kappa shape index (κ1) is 10.1. The molecule has 78 valence electrons. The summed E-state index contributed by atoms with van der Waals surface area (Å²) in [7, 11) is 0. The Kier molecular flexibility index (Phi) is 2.52. The van der Waals surface area contributed by atoms with Gasteiger partial charge in [0.1, 0.15) is 17.4 Å². The molecule has 0 N–H and O–H groups in total. The normalized spacial score (nSPS) is 9.75. The average Bonchev–Trinajstić information content (AvgIpc) is 2.31. The highest BCUT2D eigenvalue weighted by Crippen LogP contribution is 2.06. The molecule has 2 aromatic rings. The first-order valence-electron chi connectivity index (χ1n) is 4.60. The van der Waals surface area contributed by atoms with Crippen LogP contribution in [-0.4, -0.2) is 4.57 Å². The van der Waals surface area contributed by atoms with E-state index in [2.05, 4.69) is 0 Å². The maximum Gasteiger partial charge on any atom is 0.272 e. The highest BCUT2D eigenvalue weighted by Gasteiger charge is 2.03. The number of halogens is 1. The lowest BCUT2D eigenvalue weighted by molar-refractivity contribution is 0.627. The quantitative estimate of drug-likeness (QED) is 0.727. The van der Waals surface area contributed by atoms with Gasteiger partial charge < -0.3 is 0 Å². The summed E-state index contributed by atoms with van der Waals surface area (Å²) in [6, 6.07) is 10.4. The summed E-state index contributed by atoms with van der Waals surface area (Å²) in [4.78, 5) is 11.7. The largest absolute Gasteiger partial charge is 0.283 e. The molecule has 0 unspecified atom stereocenters. The van der Waals surface area contributed by atoms with Gasteiger partial charge in [-0.2, -0.15) is 5.26 Å². The van der Waals surface area contributed by atoms with Crippen LogP contribution in [-0.2, 0) is 0 Å². The fourth-order valence-corrected chi connectivity index (χ4v) is 1.38. The van der Waals surface area contributed by atoms with Crippen molar-refractivity contribution >= 4 is 0 Å². The smallest absolute Gasteiger partial charge is 0.272 e. The number of pyridine rings is 1. The number of hydrogen-bond donors (Lipinski definition) is 0. The Morgan fingerprint density at radius 1 is 1.19 bits per heavy atom. The fraction of sp³-hybridized carbons (Fsp3) is 0. The van der Waals surface area contributed by atoms with Gasteiger partial charge in [0.05, 0.1) is 0 Å². The molecule has 0 aliphatic heterocycles. The summed E-state index contributed by atoms with van der Waals surface area (Å²) < 4.78 is 14.0. The molecular formula is C12H7FN2O. The van der Waals surface area contributed by atoms with Crippen LogP contribution in [0.2, 0.25) is 0 Å². The van der Waals surface area contributed by atoms with E-state index < -0.39 is 5.56 Å². The standard InChI is InChI=1S/C12H7FN2O/c13-10-3-5-11(6-4-10)15-7-1-2-9(8-14)12(15)16/h1-7H.